The summed E-state index contributed by atoms with van der Waals surface area (Å²) in [7, 11) is 1.31. The van der Waals surface area contributed by atoms with Crippen LogP contribution in [0.4, 0.5) is 0 Å². The van der Waals surface area contributed by atoms with E-state index in [0.717, 1.165) is 38.4 Å². The zero-order valence-corrected chi connectivity index (χ0v) is 12.0. The minimum absolute atomic E-state index is 0.356. The molecule has 1 atom stereocenters. The minimum atomic E-state index is -1.40. The van der Waals surface area contributed by atoms with E-state index in [-0.39, 0.29) is 0 Å². The Morgan fingerprint density at radius 1 is 1.37 bits per heavy atom. The number of ether oxygens (including phenoxy) is 1. The molecule has 2 fully saturated rings. The van der Waals surface area contributed by atoms with Gasteiger partial charge in [-0.15, -0.1) is 0 Å². The molecule has 0 aromatic heterocycles. The molecule has 2 aliphatic rings. The highest BCUT2D eigenvalue weighted by atomic mass is 16.5. The molecule has 1 aliphatic heterocycles. The number of likely N-dealkylation sites (tertiary alicyclic amines) is 1. The van der Waals surface area contributed by atoms with Gasteiger partial charge in [0.05, 0.1) is 7.11 Å². The van der Waals surface area contributed by atoms with Crippen LogP contribution < -0.4 is 5.32 Å². The van der Waals surface area contributed by atoms with E-state index in [1.807, 2.05) is 0 Å². The number of esters is 1. The van der Waals surface area contributed by atoms with Crippen LogP contribution in [0.3, 0.4) is 0 Å². The van der Waals surface area contributed by atoms with Gasteiger partial charge in [-0.25, -0.2) is 4.79 Å². The lowest BCUT2D eigenvalue weighted by atomic mass is 10.0. The van der Waals surface area contributed by atoms with Crippen LogP contribution in [-0.4, -0.2) is 60.9 Å². The number of hydrogen-bond donors (Lipinski definition) is 2. The molecule has 1 aliphatic carbocycles. The van der Waals surface area contributed by atoms with Crippen LogP contribution in [0.1, 0.15) is 32.6 Å². The average molecular weight is 270 g/mol. The van der Waals surface area contributed by atoms with Crippen molar-refractivity contribution in [3.63, 3.8) is 0 Å². The summed E-state index contributed by atoms with van der Waals surface area (Å²) in [5.41, 5.74) is -1.40. The van der Waals surface area contributed by atoms with Gasteiger partial charge in [0.1, 0.15) is 0 Å². The Balaban J connectivity index is 1.68. The molecule has 1 heterocycles. The molecule has 1 unspecified atom stereocenters. The van der Waals surface area contributed by atoms with E-state index < -0.39 is 11.6 Å². The summed E-state index contributed by atoms with van der Waals surface area (Å²) in [6.45, 7) is 4.89. The maximum atomic E-state index is 11.4. The molecule has 0 spiro atoms. The predicted molar refractivity (Wildman–Crippen MR) is 72.8 cm³/mol. The van der Waals surface area contributed by atoms with Gasteiger partial charge in [0.15, 0.2) is 5.60 Å². The van der Waals surface area contributed by atoms with Crippen LogP contribution >= 0.6 is 0 Å². The summed E-state index contributed by atoms with van der Waals surface area (Å²) in [4.78, 5) is 13.6. The van der Waals surface area contributed by atoms with Gasteiger partial charge in [-0.1, -0.05) is 0 Å². The highest BCUT2D eigenvalue weighted by Gasteiger charge is 2.35. The number of piperidine rings is 1. The van der Waals surface area contributed by atoms with Crippen molar-refractivity contribution in [2.75, 3.05) is 33.3 Å². The molecule has 0 aromatic rings. The van der Waals surface area contributed by atoms with Crippen LogP contribution in [-0.2, 0) is 9.53 Å². The molecule has 1 saturated carbocycles. The van der Waals surface area contributed by atoms with Gasteiger partial charge in [-0.3, -0.25) is 4.90 Å². The normalized spacial score (nSPS) is 25.0. The Labute approximate surface area is 115 Å². The molecular weight excluding hydrogens is 244 g/mol. The second-order valence-electron chi connectivity index (χ2n) is 6.17. The molecule has 2 rings (SSSR count). The van der Waals surface area contributed by atoms with Crippen molar-refractivity contribution in [2.24, 2.45) is 5.92 Å². The first-order valence-corrected chi connectivity index (χ1v) is 7.28. The van der Waals surface area contributed by atoms with E-state index >= 15 is 0 Å². The molecule has 0 radical (unpaired) electrons. The third-order valence-electron chi connectivity index (χ3n) is 4.14. The molecule has 0 aromatic carbocycles. The van der Waals surface area contributed by atoms with Crippen molar-refractivity contribution >= 4 is 5.97 Å². The summed E-state index contributed by atoms with van der Waals surface area (Å²) in [6.07, 6.45) is 4.94. The lowest BCUT2D eigenvalue weighted by Gasteiger charge is -2.35. The molecule has 5 heteroatoms. The highest BCUT2D eigenvalue weighted by Crippen LogP contribution is 2.28. The van der Waals surface area contributed by atoms with Crippen molar-refractivity contribution < 1.29 is 14.6 Å². The highest BCUT2D eigenvalue weighted by molar-refractivity contribution is 5.78. The molecule has 0 amide bonds. The lowest BCUT2D eigenvalue weighted by Crippen LogP contribution is -2.51. The zero-order chi connectivity index (χ0) is 13.9. The van der Waals surface area contributed by atoms with Crippen LogP contribution in [0.15, 0.2) is 0 Å². The Kier molecular flexibility index (Phi) is 4.81. The lowest BCUT2D eigenvalue weighted by molar-refractivity contribution is -0.162. The minimum Gasteiger partial charge on any atom is -0.467 e. The number of β-amino-alcohol motifs (C(OH)–C–C–N with tert-alkyl or cyclic N) is 1. The molecular formula is C14H26N2O3. The topological polar surface area (TPSA) is 61.8 Å². The van der Waals surface area contributed by atoms with Gasteiger partial charge >= 0.3 is 5.97 Å². The fourth-order valence-corrected chi connectivity index (χ4v) is 2.67. The Bertz CT molecular complexity index is 308. The molecule has 110 valence electrons. The van der Waals surface area contributed by atoms with Crippen LogP contribution in [0.5, 0.6) is 0 Å². The van der Waals surface area contributed by atoms with Crippen molar-refractivity contribution in [2.45, 2.75) is 44.2 Å². The smallest absolute Gasteiger partial charge is 0.338 e. The van der Waals surface area contributed by atoms with Crippen LogP contribution in [0, 0.1) is 5.92 Å². The Hall–Kier alpha value is -0.650. The number of carbonyl (C=O) groups is 1. The molecule has 19 heavy (non-hydrogen) atoms. The number of rotatable bonds is 6. The van der Waals surface area contributed by atoms with E-state index in [9.17, 15) is 9.90 Å². The van der Waals surface area contributed by atoms with Crippen molar-refractivity contribution in [3.05, 3.63) is 0 Å². The van der Waals surface area contributed by atoms with Gasteiger partial charge < -0.3 is 15.2 Å². The maximum Gasteiger partial charge on any atom is 0.338 e. The summed E-state index contributed by atoms with van der Waals surface area (Å²) >= 11 is 0. The van der Waals surface area contributed by atoms with E-state index in [1.54, 1.807) is 0 Å². The number of methoxy groups -OCH3 is 1. The van der Waals surface area contributed by atoms with E-state index in [1.165, 1.54) is 26.9 Å². The Morgan fingerprint density at radius 2 is 2.00 bits per heavy atom. The van der Waals surface area contributed by atoms with Crippen molar-refractivity contribution in [1.82, 2.24) is 10.2 Å². The summed E-state index contributed by atoms with van der Waals surface area (Å²) < 4.78 is 4.62. The Morgan fingerprint density at radius 3 is 2.53 bits per heavy atom. The number of nitrogens with zero attached hydrogens (tertiary/aromatic N) is 1. The van der Waals surface area contributed by atoms with Crippen molar-refractivity contribution in [3.8, 4) is 0 Å². The second kappa shape index (κ2) is 6.20. The van der Waals surface area contributed by atoms with Crippen LogP contribution in [0.25, 0.3) is 0 Å². The first kappa shape index (κ1) is 14.8. The second-order valence-corrected chi connectivity index (χ2v) is 6.17. The number of carbonyl (C=O) groups excluding carboxylic acids is 1. The summed E-state index contributed by atoms with van der Waals surface area (Å²) in [5, 5.41) is 13.7. The summed E-state index contributed by atoms with van der Waals surface area (Å²) in [6, 6.07) is 0.597. The quantitative estimate of drug-likeness (QED) is 0.683. The summed E-state index contributed by atoms with van der Waals surface area (Å²) in [5.74, 6) is 0.361. The van der Waals surface area contributed by atoms with Gasteiger partial charge in [0, 0.05) is 12.6 Å². The molecule has 0 bridgehead atoms. The van der Waals surface area contributed by atoms with Gasteiger partial charge in [0.25, 0.3) is 0 Å². The number of nitrogens with one attached hydrogen (secondary N) is 1. The fourth-order valence-electron chi connectivity index (χ4n) is 2.67. The van der Waals surface area contributed by atoms with E-state index in [0.29, 0.717) is 12.6 Å². The standard InChI is InChI=1S/C14H26N2O3/c1-14(18,13(17)19-2)10-16-7-5-12(6-8-16)15-9-11-3-4-11/h11-12,15,18H,3-10H2,1-2H3. The first-order valence-electron chi connectivity index (χ1n) is 7.28. The molecule has 5 nitrogen and oxygen atoms in total. The average Bonchev–Trinajstić information content (AvgIpc) is 3.20. The fraction of sp³-hybridized carbons (Fsp3) is 0.929. The monoisotopic (exact) mass is 270 g/mol. The largest absolute Gasteiger partial charge is 0.467 e. The third-order valence-corrected chi connectivity index (χ3v) is 4.14. The maximum absolute atomic E-state index is 11.4. The zero-order valence-electron chi connectivity index (χ0n) is 12.0. The van der Waals surface area contributed by atoms with E-state index in [4.69, 9.17) is 0 Å². The van der Waals surface area contributed by atoms with Gasteiger partial charge in [-0.05, 0) is 58.2 Å². The third kappa shape index (κ3) is 4.44. The number of aliphatic hydroxyl groups is 1. The van der Waals surface area contributed by atoms with Gasteiger partial charge in [0.2, 0.25) is 0 Å². The SMILES string of the molecule is COC(=O)C(C)(O)CN1CCC(NCC2CC2)CC1. The predicted octanol–water partition coefficient (Wildman–Crippen LogP) is 0.374. The van der Waals surface area contributed by atoms with Crippen LogP contribution in [0.2, 0.25) is 0 Å². The molecule has 2 N–H and O–H groups in total. The first-order chi connectivity index (χ1) is 9.01. The van der Waals surface area contributed by atoms with Gasteiger partial charge in [-0.2, -0.15) is 0 Å². The van der Waals surface area contributed by atoms with E-state index in [2.05, 4.69) is 15.0 Å². The van der Waals surface area contributed by atoms with Crippen molar-refractivity contribution in [1.29, 1.82) is 0 Å². The molecule has 1 saturated heterocycles. The number of hydrogen-bond acceptors (Lipinski definition) is 5.